The molecule has 1 amide bonds. The number of allylic oxidation sites excluding steroid dienone is 3. The van der Waals surface area contributed by atoms with Gasteiger partial charge in [0.15, 0.2) is 0 Å². The summed E-state index contributed by atoms with van der Waals surface area (Å²) in [5.74, 6) is 0.865. The molecule has 7 heteroatoms. The van der Waals surface area contributed by atoms with Crippen molar-refractivity contribution in [3.8, 4) is 11.1 Å². The lowest BCUT2D eigenvalue weighted by molar-refractivity contribution is 0.00628. The number of hydrogen-bond donors (Lipinski definition) is 0. The molecule has 2 aromatic heterocycles. The first-order chi connectivity index (χ1) is 15.6. The summed E-state index contributed by atoms with van der Waals surface area (Å²) >= 11 is 0. The van der Waals surface area contributed by atoms with Crippen LogP contribution in [-0.2, 0) is 28.0 Å². The fourth-order valence-corrected chi connectivity index (χ4v) is 4.54. The second kappa shape index (κ2) is 8.69. The van der Waals surface area contributed by atoms with Crippen molar-refractivity contribution < 1.29 is 14.3 Å². The highest BCUT2D eigenvalue weighted by Gasteiger charge is 2.39. The summed E-state index contributed by atoms with van der Waals surface area (Å²) in [5, 5.41) is 5.14. The average Bonchev–Trinajstić information content (AvgIpc) is 3.17. The summed E-state index contributed by atoms with van der Waals surface area (Å²) in [6, 6.07) is 4.05. The Balaban J connectivity index is 1.81. The lowest BCUT2D eigenvalue weighted by atomic mass is 9.77. The van der Waals surface area contributed by atoms with Gasteiger partial charge in [-0.15, -0.1) is 0 Å². The molecule has 0 saturated carbocycles. The Morgan fingerprint density at radius 1 is 1.27 bits per heavy atom. The van der Waals surface area contributed by atoms with Crippen LogP contribution in [0, 0.1) is 0 Å². The molecule has 0 radical (unpaired) electrons. The maximum Gasteiger partial charge on any atom is 0.410 e. The van der Waals surface area contributed by atoms with Crippen molar-refractivity contribution in [2.75, 3.05) is 7.11 Å². The van der Waals surface area contributed by atoms with Crippen molar-refractivity contribution in [3.05, 3.63) is 59.9 Å². The van der Waals surface area contributed by atoms with Crippen LogP contribution in [-0.4, -0.2) is 44.5 Å². The summed E-state index contributed by atoms with van der Waals surface area (Å²) in [5.41, 5.74) is 3.33. The minimum atomic E-state index is -0.544. The SMILES string of the molecule is CCC1Cn2nc(C3(C)C=CC(OC)=CC3)c(-c3ccncc3)c2CN1C(=O)OC(C)(C)C. The molecule has 0 spiro atoms. The molecule has 176 valence electrons. The molecule has 2 aromatic rings. The highest BCUT2D eigenvalue weighted by atomic mass is 16.6. The van der Waals surface area contributed by atoms with Gasteiger partial charge in [-0.2, -0.15) is 5.10 Å². The molecule has 3 heterocycles. The average molecular weight is 451 g/mol. The molecule has 0 fully saturated rings. The van der Waals surface area contributed by atoms with Gasteiger partial charge in [-0.3, -0.25) is 14.6 Å². The molecule has 0 bridgehead atoms. The molecule has 0 N–H and O–H groups in total. The number of carbonyl (C=O) groups is 1. The van der Waals surface area contributed by atoms with E-state index in [1.165, 1.54) is 0 Å². The van der Waals surface area contributed by atoms with Crippen molar-refractivity contribution in [1.82, 2.24) is 19.7 Å². The molecule has 0 saturated heterocycles. The van der Waals surface area contributed by atoms with E-state index in [9.17, 15) is 4.79 Å². The summed E-state index contributed by atoms with van der Waals surface area (Å²) in [6.45, 7) is 11.1. The van der Waals surface area contributed by atoms with Gasteiger partial charge in [0.25, 0.3) is 0 Å². The van der Waals surface area contributed by atoms with Crippen LogP contribution in [0.3, 0.4) is 0 Å². The first-order valence-electron chi connectivity index (χ1n) is 11.6. The molecule has 0 aromatic carbocycles. The van der Waals surface area contributed by atoms with Gasteiger partial charge in [-0.25, -0.2) is 4.79 Å². The first kappa shape index (κ1) is 23.1. The zero-order valence-corrected chi connectivity index (χ0v) is 20.5. The minimum Gasteiger partial charge on any atom is -0.497 e. The van der Waals surface area contributed by atoms with Crippen molar-refractivity contribution in [3.63, 3.8) is 0 Å². The van der Waals surface area contributed by atoms with E-state index in [4.69, 9.17) is 14.6 Å². The molecule has 2 aliphatic rings. The number of nitrogens with zero attached hydrogens (tertiary/aromatic N) is 4. The van der Waals surface area contributed by atoms with Crippen LogP contribution in [0.25, 0.3) is 11.1 Å². The second-order valence-corrected chi connectivity index (χ2v) is 10.0. The number of carbonyl (C=O) groups excluding carboxylic acids is 1. The third kappa shape index (κ3) is 4.54. The van der Waals surface area contributed by atoms with Crippen LogP contribution in [0.2, 0.25) is 0 Å². The van der Waals surface area contributed by atoms with Gasteiger partial charge in [-0.1, -0.05) is 19.9 Å². The van der Waals surface area contributed by atoms with E-state index in [-0.39, 0.29) is 17.6 Å². The number of fused-ring (bicyclic) bond motifs is 1. The molecule has 2 unspecified atom stereocenters. The van der Waals surface area contributed by atoms with Crippen LogP contribution < -0.4 is 0 Å². The molecule has 1 aliphatic carbocycles. The zero-order chi connectivity index (χ0) is 23.8. The van der Waals surface area contributed by atoms with Crippen molar-refractivity contribution >= 4 is 6.09 Å². The Morgan fingerprint density at radius 3 is 2.58 bits per heavy atom. The third-order valence-corrected chi connectivity index (χ3v) is 6.39. The third-order valence-electron chi connectivity index (χ3n) is 6.39. The van der Waals surface area contributed by atoms with Gasteiger partial charge in [-0.05, 0) is 63.5 Å². The predicted octanol–water partition coefficient (Wildman–Crippen LogP) is 5.22. The smallest absolute Gasteiger partial charge is 0.410 e. The van der Waals surface area contributed by atoms with Crippen molar-refractivity contribution in [2.45, 2.75) is 77.6 Å². The standard InChI is InChI=1S/C26H34N4O3/c1-7-19-16-30-21(17-29(19)24(31)33-25(2,3)4)22(18-10-14-27-15-11-18)23(28-30)26(5)12-8-20(32-6)9-13-26/h8-12,14-15,19H,7,13,16-17H2,1-6H3. The summed E-state index contributed by atoms with van der Waals surface area (Å²) in [7, 11) is 1.69. The predicted molar refractivity (Wildman–Crippen MR) is 128 cm³/mol. The lowest BCUT2D eigenvalue weighted by Gasteiger charge is -2.37. The van der Waals surface area contributed by atoms with E-state index in [1.807, 2.05) is 43.9 Å². The Bertz CT molecular complexity index is 1080. The van der Waals surface area contributed by atoms with Gasteiger partial charge < -0.3 is 9.47 Å². The molecular formula is C26H34N4O3. The summed E-state index contributed by atoms with van der Waals surface area (Å²) in [4.78, 5) is 19.2. The van der Waals surface area contributed by atoms with Crippen LogP contribution in [0.1, 0.15) is 58.8 Å². The zero-order valence-electron chi connectivity index (χ0n) is 20.5. The van der Waals surface area contributed by atoms with E-state index in [0.717, 1.165) is 41.1 Å². The van der Waals surface area contributed by atoms with E-state index >= 15 is 0 Å². The maximum absolute atomic E-state index is 13.1. The van der Waals surface area contributed by atoms with E-state index in [0.29, 0.717) is 13.1 Å². The maximum atomic E-state index is 13.1. The normalized spacial score (nSPS) is 22.5. The van der Waals surface area contributed by atoms with Gasteiger partial charge in [0, 0.05) is 23.4 Å². The quantitative estimate of drug-likeness (QED) is 0.639. The molecular weight excluding hydrogens is 416 g/mol. The van der Waals surface area contributed by atoms with E-state index in [1.54, 1.807) is 19.5 Å². The van der Waals surface area contributed by atoms with Crippen LogP contribution in [0.15, 0.2) is 48.5 Å². The Labute approximate surface area is 196 Å². The number of hydrogen-bond acceptors (Lipinski definition) is 5. The molecule has 7 nitrogen and oxygen atoms in total. The summed E-state index contributed by atoms with van der Waals surface area (Å²) < 4.78 is 13.3. The van der Waals surface area contributed by atoms with E-state index < -0.39 is 5.60 Å². The number of ether oxygens (including phenoxy) is 2. The topological polar surface area (TPSA) is 69.5 Å². The highest BCUT2D eigenvalue weighted by Crippen LogP contribution is 2.42. The van der Waals surface area contributed by atoms with Crippen molar-refractivity contribution in [1.29, 1.82) is 0 Å². The van der Waals surface area contributed by atoms with Gasteiger partial charge in [0.2, 0.25) is 0 Å². The Morgan fingerprint density at radius 2 is 2.00 bits per heavy atom. The summed E-state index contributed by atoms with van der Waals surface area (Å²) in [6.07, 6.45) is 11.2. The van der Waals surface area contributed by atoms with Gasteiger partial charge in [0.05, 0.1) is 37.6 Å². The fraction of sp³-hybridized carbons (Fsp3) is 0.500. The first-order valence-corrected chi connectivity index (χ1v) is 11.6. The van der Waals surface area contributed by atoms with E-state index in [2.05, 4.69) is 35.7 Å². The lowest BCUT2D eigenvalue weighted by Crippen LogP contribution is -2.48. The van der Waals surface area contributed by atoms with Crippen LogP contribution in [0.4, 0.5) is 4.79 Å². The Hall–Kier alpha value is -3.09. The number of amides is 1. The van der Waals surface area contributed by atoms with Crippen LogP contribution >= 0.6 is 0 Å². The number of methoxy groups -OCH3 is 1. The Kier molecular flexibility index (Phi) is 6.08. The van der Waals surface area contributed by atoms with Gasteiger partial charge >= 0.3 is 6.09 Å². The van der Waals surface area contributed by atoms with Gasteiger partial charge in [0.1, 0.15) is 11.4 Å². The fourth-order valence-electron chi connectivity index (χ4n) is 4.54. The largest absolute Gasteiger partial charge is 0.497 e. The number of rotatable bonds is 4. The number of pyridine rings is 1. The van der Waals surface area contributed by atoms with Crippen LogP contribution in [0.5, 0.6) is 0 Å². The number of aromatic nitrogens is 3. The molecule has 4 rings (SSSR count). The molecule has 2 atom stereocenters. The highest BCUT2D eigenvalue weighted by molar-refractivity contribution is 5.73. The van der Waals surface area contributed by atoms with Crippen molar-refractivity contribution in [2.24, 2.45) is 0 Å². The monoisotopic (exact) mass is 450 g/mol. The minimum absolute atomic E-state index is 0.0279. The molecule has 1 aliphatic heterocycles. The molecule has 33 heavy (non-hydrogen) atoms. The second-order valence-electron chi connectivity index (χ2n) is 10.0.